The van der Waals surface area contributed by atoms with Gasteiger partial charge in [0.05, 0.1) is 29.3 Å². The van der Waals surface area contributed by atoms with E-state index in [2.05, 4.69) is 15.8 Å². The Morgan fingerprint density at radius 2 is 1.83 bits per heavy atom. The Kier molecular flexibility index (Phi) is 5.67. The highest BCUT2D eigenvalue weighted by Crippen LogP contribution is 2.50. The van der Waals surface area contributed by atoms with Crippen molar-refractivity contribution in [2.24, 2.45) is 5.41 Å². The van der Waals surface area contributed by atoms with Crippen LogP contribution in [0.5, 0.6) is 0 Å². The maximum Gasteiger partial charge on any atom is 0.328 e. The van der Waals surface area contributed by atoms with Gasteiger partial charge in [0.15, 0.2) is 17.1 Å². The Bertz CT molecular complexity index is 1600. The number of ether oxygens (including phenoxy) is 2. The Morgan fingerprint density at radius 3 is 2.56 bits per heavy atom. The van der Waals surface area contributed by atoms with Crippen LogP contribution in [-0.2, 0) is 36.7 Å². The predicted octanol–water partition coefficient (Wildman–Crippen LogP) is 1.79. The number of imide groups is 2. The summed E-state index contributed by atoms with van der Waals surface area (Å²) in [6, 6.07) is 9.24. The number of aromatic nitrogens is 1. The summed E-state index contributed by atoms with van der Waals surface area (Å²) < 4.78 is 33.7. The summed E-state index contributed by atoms with van der Waals surface area (Å²) >= 11 is 0. The number of hydrogen-bond donors (Lipinski definition) is 2. The van der Waals surface area contributed by atoms with Gasteiger partial charge in [-0.25, -0.2) is 9.18 Å². The number of benzene rings is 2. The summed E-state index contributed by atoms with van der Waals surface area (Å²) in [5.41, 5.74) is -0.503. The molecule has 5 heterocycles. The zero-order chi connectivity index (χ0) is 28.6. The molecule has 0 aliphatic carbocycles. The summed E-state index contributed by atoms with van der Waals surface area (Å²) in [6.07, 6.45) is -1.55. The topological polar surface area (TPSA) is 143 Å². The molecular formula is C28H26FN5O7. The highest BCUT2D eigenvalue weighted by atomic mass is 19.1. The van der Waals surface area contributed by atoms with E-state index >= 15 is 4.39 Å². The van der Waals surface area contributed by atoms with Crippen LogP contribution in [0.4, 0.5) is 20.7 Å². The average Bonchev–Trinajstić information content (AvgIpc) is 3.50. The molecule has 3 fully saturated rings. The van der Waals surface area contributed by atoms with Crippen molar-refractivity contribution in [3.63, 3.8) is 0 Å². The van der Waals surface area contributed by atoms with Gasteiger partial charge < -0.3 is 18.9 Å². The summed E-state index contributed by atoms with van der Waals surface area (Å²) in [4.78, 5) is 54.9. The van der Waals surface area contributed by atoms with E-state index in [1.165, 1.54) is 4.90 Å². The van der Waals surface area contributed by atoms with Gasteiger partial charge in [0, 0.05) is 19.4 Å². The van der Waals surface area contributed by atoms with E-state index in [0.29, 0.717) is 12.0 Å². The maximum absolute atomic E-state index is 16.4. The van der Waals surface area contributed by atoms with Gasteiger partial charge in [0.1, 0.15) is 12.8 Å². The molecule has 4 atom stereocenters. The van der Waals surface area contributed by atoms with Crippen LogP contribution >= 0.6 is 0 Å². The average molecular weight is 564 g/mol. The van der Waals surface area contributed by atoms with Crippen molar-refractivity contribution in [1.82, 2.24) is 15.8 Å². The third-order valence-electron chi connectivity index (χ3n) is 8.38. The monoisotopic (exact) mass is 563 g/mol. The van der Waals surface area contributed by atoms with E-state index in [1.807, 2.05) is 37.3 Å². The van der Waals surface area contributed by atoms with Gasteiger partial charge in [0.2, 0.25) is 17.4 Å². The zero-order valence-corrected chi connectivity index (χ0v) is 22.2. The number of carbonyl (C=O) groups excluding carboxylic acids is 4. The number of amides is 5. The molecule has 212 valence electrons. The third-order valence-corrected chi connectivity index (χ3v) is 8.38. The summed E-state index contributed by atoms with van der Waals surface area (Å²) in [5.74, 6) is -2.57. The van der Waals surface area contributed by atoms with Gasteiger partial charge in [-0.3, -0.25) is 29.9 Å². The second-order valence-corrected chi connectivity index (χ2v) is 10.9. The number of hydrogen-bond acceptors (Lipinski definition) is 9. The smallest absolute Gasteiger partial charge is 0.328 e. The van der Waals surface area contributed by atoms with Crippen molar-refractivity contribution in [3.8, 4) is 0 Å². The number of barbiturate groups is 1. The second-order valence-electron chi connectivity index (χ2n) is 10.9. The van der Waals surface area contributed by atoms with Crippen molar-refractivity contribution in [3.05, 3.63) is 53.3 Å². The molecule has 12 nitrogen and oxygen atoms in total. The molecule has 1 aromatic heterocycles. The predicted molar refractivity (Wildman–Crippen MR) is 140 cm³/mol. The second kappa shape index (κ2) is 9.08. The Hall–Kier alpha value is -4.36. The van der Waals surface area contributed by atoms with Gasteiger partial charge >= 0.3 is 6.03 Å². The number of anilines is 2. The maximum atomic E-state index is 16.4. The molecule has 2 N–H and O–H groups in total. The largest absolute Gasteiger partial charge is 0.372 e. The third kappa shape index (κ3) is 3.68. The van der Waals surface area contributed by atoms with Crippen molar-refractivity contribution in [2.45, 2.75) is 51.2 Å². The number of rotatable bonds is 3. The van der Waals surface area contributed by atoms with Crippen LogP contribution in [0, 0.1) is 11.2 Å². The van der Waals surface area contributed by atoms with Crippen LogP contribution in [0.25, 0.3) is 11.0 Å². The van der Waals surface area contributed by atoms with Crippen LogP contribution < -0.4 is 20.4 Å². The SMILES string of the molecule is C[C@H]1CN2c3c(cc4c(N5C(=O)CO[C@@H]5Cc5ccccc5)noc4c3F)CC3(C(=O)NC(=O)NC3=O)[C@@H]2[C@@H](C)O1. The van der Waals surface area contributed by atoms with E-state index in [-0.39, 0.29) is 54.1 Å². The van der Waals surface area contributed by atoms with E-state index in [1.54, 1.807) is 17.9 Å². The number of nitrogens with zero attached hydrogens (tertiary/aromatic N) is 3. The Balaban J connectivity index is 1.37. The van der Waals surface area contributed by atoms with Gasteiger partial charge in [-0.05, 0) is 31.0 Å². The first-order chi connectivity index (χ1) is 19.7. The van der Waals surface area contributed by atoms with Crippen molar-refractivity contribution >= 4 is 46.2 Å². The van der Waals surface area contributed by atoms with E-state index in [4.69, 9.17) is 14.0 Å². The lowest BCUT2D eigenvalue weighted by Crippen LogP contribution is -2.75. The Morgan fingerprint density at radius 1 is 1.10 bits per heavy atom. The summed E-state index contributed by atoms with van der Waals surface area (Å²) in [6.45, 7) is 3.53. The molecule has 3 aromatic rings. The first kappa shape index (κ1) is 25.6. The van der Waals surface area contributed by atoms with E-state index < -0.39 is 47.5 Å². The highest BCUT2D eigenvalue weighted by molar-refractivity contribution is 6.20. The molecule has 5 amide bonds. The molecule has 0 unspecified atom stereocenters. The summed E-state index contributed by atoms with van der Waals surface area (Å²) in [5, 5.41) is 8.73. The Labute approximate surface area is 232 Å². The fourth-order valence-corrected chi connectivity index (χ4v) is 6.80. The fraction of sp³-hybridized carbons (Fsp3) is 0.393. The number of nitrogens with one attached hydrogen (secondary N) is 2. The van der Waals surface area contributed by atoms with Crippen LogP contribution in [-0.4, -0.2) is 66.5 Å². The molecule has 0 radical (unpaired) electrons. The van der Waals surface area contributed by atoms with Crippen molar-refractivity contribution in [1.29, 1.82) is 0 Å². The standard InChI is InChI=1S/C28H26FN5O7/c1-13-11-33-21-16(10-28(23(33)14(2)40-13)25(36)30-27(38)31-26(28)37)9-17-22(20(21)29)41-32-24(17)34-18(35)12-39-19(34)8-15-6-4-3-5-7-15/h3-7,9,13-14,19,23H,8,10-12H2,1-2H3,(H2,30,31,36,37,38)/t13-,14+,19+,23-/m0/s1. The first-order valence-corrected chi connectivity index (χ1v) is 13.4. The molecule has 13 heteroatoms. The fourth-order valence-electron chi connectivity index (χ4n) is 6.80. The molecule has 4 aliphatic heterocycles. The quantitative estimate of drug-likeness (QED) is 0.456. The van der Waals surface area contributed by atoms with Crippen molar-refractivity contribution in [2.75, 3.05) is 23.0 Å². The van der Waals surface area contributed by atoms with Gasteiger partial charge in [-0.2, -0.15) is 0 Å². The first-order valence-electron chi connectivity index (χ1n) is 13.4. The van der Waals surface area contributed by atoms with Gasteiger partial charge in [0.25, 0.3) is 5.91 Å². The minimum Gasteiger partial charge on any atom is -0.372 e. The normalized spacial score (nSPS) is 27.2. The van der Waals surface area contributed by atoms with Crippen molar-refractivity contribution < 1.29 is 37.6 Å². The molecule has 0 saturated carbocycles. The minimum absolute atomic E-state index is 0.0812. The van der Waals surface area contributed by atoms with Crippen LogP contribution in [0.1, 0.15) is 25.0 Å². The molecule has 1 spiro atoms. The lowest BCUT2D eigenvalue weighted by Gasteiger charge is -2.55. The van der Waals surface area contributed by atoms with Gasteiger partial charge in [-0.1, -0.05) is 35.5 Å². The number of fused-ring (bicyclic) bond motifs is 5. The van der Waals surface area contributed by atoms with Gasteiger partial charge in [-0.15, -0.1) is 0 Å². The number of halogens is 1. The molecule has 7 rings (SSSR count). The molecule has 0 bridgehead atoms. The lowest BCUT2D eigenvalue weighted by atomic mass is 9.66. The molecule has 41 heavy (non-hydrogen) atoms. The number of carbonyl (C=O) groups is 4. The minimum atomic E-state index is -1.78. The number of urea groups is 1. The van der Waals surface area contributed by atoms with Crippen LogP contribution in [0.2, 0.25) is 0 Å². The van der Waals surface area contributed by atoms with Crippen LogP contribution in [0.3, 0.4) is 0 Å². The van der Waals surface area contributed by atoms with Crippen LogP contribution in [0.15, 0.2) is 40.9 Å². The highest BCUT2D eigenvalue weighted by Gasteiger charge is 2.63. The lowest BCUT2D eigenvalue weighted by molar-refractivity contribution is -0.153. The molecular weight excluding hydrogens is 537 g/mol. The molecule has 4 aliphatic rings. The zero-order valence-electron chi connectivity index (χ0n) is 22.2. The van der Waals surface area contributed by atoms with E-state index in [0.717, 1.165) is 5.56 Å². The molecule has 3 saturated heterocycles. The van der Waals surface area contributed by atoms with E-state index in [9.17, 15) is 19.2 Å². The molecule has 2 aromatic carbocycles. The number of morpholine rings is 1. The summed E-state index contributed by atoms with van der Waals surface area (Å²) in [7, 11) is 0.